The van der Waals surface area contributed by atoms with E-state index in [-0.39, 0.29) is 18.3 Å². The summed E-state index contributed by atoms with van der Waals surface area (Å²) in [6.07, 6.45) is 3.44. The van der Waals surface area contributed by atoms with E-state index >= 15 is 0 Å². The van der Waals surface area contributed by atoms with Gasteiger partial charge in [-0.3, -0.25) is 9.78 Å². The van der Waals surface area contributed by atoms with Crippen LogP contribution in [-0.4, -0.2) is 43.7 Å². The number of amides is 2. The second-order valence-electron chi connectivity index (χ2n) is 8.11. The Morgan fingerprint density at radius 3 is 2.93 bits per heavy atom. The van der Waals surface area contributed by atoms with Crippen LogP contribution in [0.2, 0.25) is 0 Å². The lowest BCUT2D eigenvalue weighted by Gasteiger charge is -2.27. The van der Waals surface area contributed by atoms with E-state index in [2.05, 4.69) is 20.4 Å². The van der Waals surface area contributed by atoms with Crippen molar-refractivity contribution in [3.8, 4) is 0 Å². The number of anilines is 1. The summed E-state index contributed by atoms with van der Waals surface area (Å²) in [5, 5.41) is 7.17. The maximum Gasteiger partial charge on any atom is 0.416 e. The first-order valence-electron chi connectivity index (χ1n) is 9.60. The predicted octanol–water partition coefficient (Wildman–Crippen LogP) is 2.42. The van der Waals surface area contributed by atoms with Crippen molar-refractivity contribution < 1.29 is 18.7 Å². The van der Waals surface area contributed by atoms with Crippen molar-refractivity contribution >= 4 is 23.5 Å². The normalized spacial score (nSPS) is 20.6. The van der Waals surface area contributed by atoms with Gasteiger partial charge in [0.15, 0.2) is 5.65 Å². The molecule has 2 aliphatic heterocycles. The van der Waals surface area contributed by atoms with Crippen LogP contribution in [0.15, 0.2) is 30.6 Å². The zero-order chi connectivity index (χ0) is 21.0. The summed E-state index contributed by atoms with van der Waals surface area (Å²) in [6, 6.07) is 3.65. The second kappa shape index (κ2) is 6.48. The number of aromatic nitrogens is 4. The van der Waals surface area contributed by atoms with E-state index in [1.807, 2.05) is 13.8 Å². The van der Waals surface area contributed by atoms with Crippen LogP contribution in [0.5, 0.6) is 0 Å². The number of nitrogens with zero attached hydrogens (tertiary/aromatic N) is 5. The number of carbonyl (C=O) groups is 2. The van der Waals surface area contributed by atoms with Crippen molar-refractivity contribution in [2.45, 2.75) is 38.3 Å². The first-order valence-corrected chi connectivity index (χ1v) is 9.60. The first kappa shape index (κ1) is 18.5. The molecule has 0 spiro atoms. The quantitative estimate of drug-likeness (QED) is 0.611. The molecule has 4 bridgehead atoms. The first-order chi connectivity index (χ1) is 14.3. The van der Waals surface area contributed by atoms with E-state index in [1.54, 1.807) is 12.3 Å². The Morgan fingerprint density at radius 2 is 2.10 bits per heavy atom. The average molecular weight is 410 g/mol. The fraction of sp³-hybridized carbons (Fsp3) is 0.350. The van der Waals surface area contributed by atoms with Crippen LogP contribution in [0.4, 0.5) is 15.0 Å². The summed E-state index contributed by atoms with van der Waals surface area (Å²) in [4.78, 5) is 35.8. The highest BCUT2D eigenvalue weighted by Crippen LogP contribution is 2.32. The molecule has 0 saturated carbocycles. The summed E-state index contributed by atoms with van der Waals surface area (Å²) in [5.41, 5.74) is 0.973. The van der Waals surface area contributed by atoms with Gasteiger partial charge in [-0.05, 0) is 44.9 Å². The zero-order valence-corrected chi connectivity index (χ0v) is 16.4. The van der Waals surface area contributed by atoms with Gasteiger partial charge in [-0.15, -0.1) is 0 Å². The third-order valence-electron chi connectivity index (χ3n) is 5.38. The summed E-state index contributed by atoms with van der Waals surface area (Å²) in [7, 11) is 0. The van der Waals surface area contributed by atoms with E-state index in [0.29, 0.717) is 35.4 Å². The minimum atomic E-state index is -0.627. The Labute approximate surface area is 170 Å². The number of fused-ring (bicyclic) bond motifs is 6. The Morgan fingerprint density at radius 1 is 1.27 bits per heavy atom. The smallest absolute Gasteiger partial charge is 0.416 e. The lowest BCUT2D eigenvalue weighted by molar-refractivity contribution is 0.0910. The maximum atomic E-state index is 14.4. The molecule has 1 saturated heterocycles. The minimum Gasteiger partial charge on any atom is -0.446 e. The number of cyclic esters (lactones) is 1. The fourth-order valence-electron chi connectivity index (χ4n) is 3.80. The minimum absolute atomic E-state index is 0.0275. The number of hydrogen-bond acceptors (Lipinski definition) is 6. The zero-order valence-electron chi connectivity index (χ0n) is 16.4. The van der Waals surface area contributed by atoms with Gasteiger partial charge in [0.05, 0.1) is 11.9 Å². The SMILES string of the molecule is CC1(C)CCc2cc(F)cc(n2)C2COC(=O)N2c2ccn3ncc(c3n2)C(=O)N1. The molecule has 0 aliphatic carbocycles. The average Bonchev–Trinajstić information content (AvgIpc) is 3.28. The molecule has 1 unspecified atom stereocenters. The molecule has 2 amide bonds. The molecule has 9 nitrogen and oxygen atoms in total. The van der Waals surface area contributed by atoms with Gasteiger partial charge in [0.1, 0.15) is 29.8 Å². The van der Waals surface area contributed by atoms with Crippen molar-refractivity contribution in [2.24, 2.45) is 0 Å². The number of halogens is 1. The van der Waals surface area contributed by atoms with Crippen LogP contribution in [0.25, 0.3) is 5.65 Å². The van der Waals surface area contributed by atoms with Crippen molar-refractivity contribution in [3.05, 3.63) is 53.4 Å². The molecule has 10 heteroatoms. The molecule has 1 atom stereocenters. The summed E-state index contributed by atoms with van der Waals surface area (Å²) in [5.74, 6) is -0.497. The highest BCUT2D eigenvalue weighted by atomic mass is 19.1. The Balaban J connectivity index is 1.72. The standard InChI is InChI=1S/C20H19FN6O3/c1-20(2)5-3-12-7-11(21)8-14(23-12)15-10-30-19(29)27(15)16-4-6-26-17(24-16)13(9-22-26)18(28)25-20/h4,6-9,15H,3,5,10H2,1-2H3,(H,25,28). The Bertz CT molecular complexity index is 1190. The van der Waals surface area contributed by atoms with E-state index in [9.17, 15) is 14.0 Å². The van der Waals surface area contributed by atoms with Gasteiger partial charge >= 0.3 is 6.09 Å². The number of carbonyl (C=O) groups excluding carboxylic acids is 2. The highest BCUT2D eigenvalue weighted by molar-refractivity contribution is 6.00. The monoisotopic (exact) mass is 410 g/mol. The van der Waals surface area contributed by atoms with Gasteiger partial charge in [-0.25, -0.2) is 23.6 Å². The summed E-state index contributed by atoms with van der Waals surface area (Å²) >= 11 is 0. The summed E-state index contributed by atoms with van der Waals surface area (Å²) < 4.78 is 21.1. The van der Waals surface area contributed by atoms with Gasteiger partial charge in [-0.1, -0.05) is 0 Å². The molecule has 154 valence electrons. The number of aryl methyl sites for hydroxylation is 1. The molecule has 5 heterocycles. The third-order valence-corrected chi connectivity index (χ3v) is 5.38. The maximum absolute atomic E-state index is 14.4. The van der Waals surface area contributed by atoms with E-state index in [0.717, 1.165) is 0 Å². The predicted molar refractivity (Wildman–Crippen MR) is 104 cm³/mol. The van der Waals surface area contributed by atoms with Gasteiger partial charge in [0.2, 0.25) is 0 Å². The van der Waals surface area contributed by atoms with Crippen LogP contribution in [-0.2, 0) is 11.2 Å². The molecule has 30 heavy (non-hydrogen) atoms. The van der Waals surface area contributed by atoms with Gasteiger partial charge in [0, 0.05) is 17.4 Å². The number of pyridine rings is 1. The molecular formula is C20H19FN6O3. The molecule has 1 fully saturated rings. The third kappa shape index (κ3) is 3.04. The summed E-state index contributed by atoms with van der Waals surface area (Å²) in [6.45, 7) is 3.82. The van der Waals surface area contributed by atoms with E-state index < -0.39 is 23.5 Å². The molecule has 0 radical (unpaired) electrons. The molecule has 3 aromatic heterocycles. The number of nitrogens with one attached hydrogen (secondary N) is 1. The van der Waals surface area contributed by atoms with E-state index in [1.165, 1.54) is 27.7 Å². The van der Waals surface area contributed by atoms with Crippen LogP contribution < -0.4 is 10.2 Å². The van der Waals surface area contributed by atoms with Crippen molar-refractivity contribution in [2.75, 3.05) is 11.5 Å². The lowest BCUT2D eigenvalue weighted by atomic mass is 9.96. The lowest BCUT2D eigenvalue weighted by Crippen LogP contribution is -2.43. The highest BCUT2D eigenvalue weighted by Gasteiger charge is 2.38. The van der Waals surface area contributed by atoms with Crippen molar-refractivity contribution in [3.63, 3.8) is 0 Å². The fourth-order valence-corrected chi connectivity index (χ4v) is 3.80. The van der Waals surface area contributed by atoms with Crippen molar-refractivity contribution in [1.29, 1.82) is 0 Å². The molecular weight excluding hydrogens is 391 g/mol. The topological polar surface area (TPSA) is 102 Å². The van der Waals surface area contributed by atoms with Crippen molar-refractivity contribution in [1.82, 2.24) is 24.9 Å². The molecule has 1 N–H and O–H groups in total. The van der Waals surface area contributed by atoms with Crippen LogP contribution in [0, 0.1) is 5.82 Å². The molecule has 5 rings (SSSR count). The Kier molecular flexibility index (Phi) is 3.99. The molecule has 2 aliphatic rings. The number of hydrogen-bond donors (Lipinski definition) is 1. The largest absolute Gasteiger partial charge is 0.446 e. The van der Waals surface area contributed by atoms with Crippen LogP contribution in [0.1, 0.15) is 48.1 Å². The van der Waals surface area contributed by atoms with Crippen LogP contribution in [0.3, 0.4) is 0 Å². The molecule has 0 aromatic carbocycles. The van der Waals surface area contributed by atoms with Crippen LogP contribution >= 0.6 is 0 Å². The van der Waals surface area contributed by atoms with Gasteiger partial charge < -0.3 is 10.1 Å². The Hall–Kier alpha value is -3.56. The number of rotatable bonds is 0. The van der Waals surface area contributed by atoms with E-state index in [4.69, 9.17) is 4.74 Å². The van der Waals surface area contributed by atoms with Gasteiger partial charge in [0.25, 0.3) is 5.91 Å². The second-order valence-corrected chi connectivity index (χ2v) is 8.11. The number of ether oxygens (including phenoxy) is 1. The molecule has 3 aromatic rings. The van der Waals surface area contributed by atoms with Gasteiger partial charge in [-0.2, -0.15) is 5.10 Å².